The van der Waals surface area contributed by atoms with Crippen LogP contribution in [-0.2, 0) is 16.1 Å². The molecule has 3 heterocycles. The highest BCUT2D eigenvalue weighted by atomic mass is 16.5. The van der Waals surface area contributed by atoms with Gasteiger partial charge in [-0.3, -0.25) is 9.48 Å². The fourth-order valence-electron chi connectivity index (χ4n) is 3.83. The van der Waals surface area contributed by atoms with E-state index in [4.69, 9.17) is 4.74 Å². The summed E-state index contributed by atoms with van der Waals surface area (Å²) in [5, 5.41) is 7.38. The van der Waals surface area contributed by atoms with E-state index in [2.05, 4.69) is 22.2 Å². The van der Waals surface area contributed by atoms with Crippen LogP contribution in [0.3, 0.4) is 0 Å². The molecule has 0 bridgehead atoms. The molecule has 138 valence electrons. The first-order valence-electron chi connectivity index (χ1n) is 9.50. The minimum atomic E-state index is -0.0201. The third-order valence-corrected chi connectivity index (χ3v) is 5.26. The van der Waals surface area contributed by atoms with Crippen molar-refractivity contribution in [1.29, 1.82) is 0 Å². The maximum absolute atomic E-state index is 12.3. The van der Waals surface area contributed by atoms with Crippen LogP contribution in [0, 0.1) is 5.92 Å². The average molecular weight is 346 g/mol. The van der Waals surface area contributed by atoms with Gasteiger partial charge in [-0.1, -0.05) is 6.92 Å². The zero-order chi connectivity index (χ0) is 17.6. The molecule has 2 fully saturated rings. The molecule has 0 radical (unpaired) electrons. The number of rotatable bonds is 6. The van der Waals surface area contributed by atoms with E-state index in [9.17, 15) is 4.79 Å². The van der Waals surface area contributed by atoms with E-state index < -0.39 is 0 Å². The molecule has 1 N–H and O–H groups in total. The third kappa shape index (κ3) is 4.92. The molecule has 2 aliphatic rings. The topological polar surface area (TPSA) is 59.4 Å². The maximum atomic E-state index is 12.3. The van der Waals surface area contributed by atoms with Gasteiger partial charge < -0.3 is 15.0 Å². The lowest BCUT2D eigenvalue weighted by molar-refractivity contribution is -0.117. The zero-order valence-corrected chi connectivity index (χ0v) is 15.4. The Balaban J connectivity index is 1.45. The quantitative estimate of drug-likeness (QED) is 0.800. The number of aryl methyl sites for hydroxylation is 1. The number of likely N-dealkylation sites (tertiary alicyclic amines) is 1. The summed E-state index contributed by atoms with van der Waals surface area (Å²) in [4.78, 5) is 14.7. The van der Waals surface area contributed by atoms with Gasteiger partial charge >= 0.3 is 0 Å². The molecule has 0 saturated carbocycles. The lowest BCUT2D eigenvalue weighted by atomic mass is 9.93. The van der Waals surface area contributed by atoms with E-state index in [-0.39, 0.29) is 11.9 Å². The number of carbonyl (C=O) groups is 1. The van der Waals surface area contributed by atoms with Crippen molar-refractivity contribution in [3.05, 3.63) is 24.0 Å². The molecule has 0 spiro atoms. The van der Waals surface area contributed by atoms with Gasteiger partial charge in [0.25, 0.3) is 0 Å². The van der Waals surface area contributed by atoms with Crippen molar-refractivity contribution in [3.8, 4) is 0 Å². The minimum Gasteiger partial charge on any atom is -0.377 e. The summed E-state index contributed by atoms with van der Waals surface area (Å²) >= 11 is 0. The summed E-state index contributed by atoms with van der Waals surface area (Å²) in [7, 11) is 0. The van der Waals surface area contributed by atoms with E-state index in [0.717, 1.165) is 44.9 Å². The Morgan fingerprint density at radius 3 is 3.08 bits per heavy atom. The summed E-state index contributed by atoms with van der Waals surface area (Å²) in [6.45, 7) is 9.06. The summed E-state index contributed by atoms with van der Waals surface area (Å²) in [5.41, 5.74) is 0.956. The van der Waals surface area contributed by atoms with Crippen LogP contribution in [-0.4, -0.2) is 59.0 Å². The van der Waals surface area contributed by atoms with E-state index >= 15 is 0 Å². The number of nitrogens with one attached hydrogen (secondary N) is 1. The molecule has 6 heteroatoms. The Morgan fingerprint density at radius 1 is 1.48 bits per heavy atom. The first kappa shape index (κ1) is 18.1. The lowest BCUT2D eigenvalue weighted by Crippen LogP contribution is -2.51. The van der Waals surface area contributed by atoms with Crippen molar-refractivity contribution < 1.29 is 9.53 Å². The molecule has 2 saturated heterocycles. The smallest absolute Gasteiger partial charge is 0.244 e. The van der Waals surface area contributed by atoms with Gasteiger partial charge in [-0.15, -0.1) is 0 Å². The molecule has 3 rings (SSSR count). The van der Waals surface area contributed by atoms with Crippen molar-refractivity contribution >= 4 is 12.0 Å². The minimum absolute atomic E-state index is 0.0201. The van der Waals surface area contributed by atoms with E-state index in [1.54, 1.807) is 12.3 Å². The Hall–Kier alpha value is -1.66. The highest BCUT2D eigenvalue weighted by molar-refractivity contribution is 5.91. The molecule has 0 unspecified atom stereocenters. The van der Waals surface area contributed by atoms with Crippen LogP contribution in [0.25, 0.3) is 6.08 Å². The molecule has 2 aliphatic heterocycles. The number of carbonyl (C=O) groups excluding carboxylic acids is 1. The number of piperidine rings is 1. The Bertz CT molecular complexity index is 592. The predicted octanol–water partition coefficient (Wildman–Crippen LogP) is 1.92. The molecule has 6 nitrogen and oxygen atoms in total. The second-order valence-electron chi connectivity index (χ2n) is 7.18. The Morgan fingerprint density at radius 2 is 2.36 bits per heavy atom. The molecule has 0 aromatic carbocycles. The van der Waals surface area contributed by atoms with Crippen LogP contribution in [0.1, 0.15) is 38.8 Å². The second-order valence-corrected chi connectivity index (χ2v) is 7.18. The number of amides is 1. The molecular weight excluding hydrogens is 316 g/mol. The van der Waals surface area contributed by atoms with Gasteiger partial charge in [0.2, 0.25) is 5.91 Å². The van der Waals surface area contributed by atoms with Gasteiger partial charge in [0.05, 0.1) is 11.8 Å². The van der Waals surface area contributed by atoms with Gasteiger partial charge in [-0.05, 0) is 44.2 Å². The van der Waals surface area contributed by atoms with Crippen molar-refractivity contribution in [2.75, 3.05) is 26.2 Å². The van der Waals surface area contributed by atoms with Gasteiger partial charge in [0.15, 0.2) is 0 Å². The molecule has 0 aliphatic carbocycles. The molecule has 3 atom stereocenters. The molecule has 1 aromatic rings. The number of hydrogen-bond donors (Lipinski definition) is 1. The number of hydrogen-bond acceptors (Lipinski definition) is 4. The van der Waals surface area contributed by atoms with Crippen molar-refractivity contribution in [3.63, 3.8) is 0 Å². The number of nitrogens with zero attached hydrogens (tertiary/aromatic N) is 3. The number of aromatic nitrogens is 2. The second kappa shape index (κ2) is 8.63. The van der Waals surface area contributed by atoms with Crippen LogP contribution in [0.2, 0.25) is 0 Å². The van der Waals surface area contributed by atoms with Crippen molar-refractivity contribution in [1.82, 2.24) is 20.0 Å². The fraction of sp³-hybridized carbons (Fsp3) is 0.684. The summed E-state index contributed by atoms with van der Waals surface area (Å²) in [5.74, 6) is 0.432. The first-order valence-corrected chi connectivity index (χ1v) is 9.50. The van der Waals surface area contributed by atoms with Crippen molar-refractivity contribution in [2.24, 2.45) is 5.92 Å². The SMILES string of the molecule is CCn1nccc1/C=C/C(=O)N[C@@H]1CCN(C[C@H]2CCCO2)C[C@@H]1C. The van der Waals surface area contributed by atoms with Gasteiger partial charge in [-0.2, -0.15) is 5.10 Å². The molecule has 25 heavy (non-hydrogen) atoms. The molecule has 1 aromatic heterocycles. The van der Waals surface area contributed by atoms with E-state index in [1.807, 2.05) is 23.7 Å². The number of ether oxygens (including phenoxy) is 1. The Labute approximate surface area is 150 Å². The lowest BCUT2D eigenvalue weighted by Gasteiger charge is -2.38. The first-order chi connectivity index (χ1) is 12.2. The van der Waals surface area contributed by atoms with Crippen LogP contribution < -0.4 is 5.32 Å². The van der Waals surface area contributed by atoms with Gasteiger partial charge in [0.1, 0.15) is 0 Å². The predicted molar refractivity (Wildman–Crippen MR) is 98.1 cm³/mol. The normalized spacial score (nSPS) is 27.8. The van der Waals surface area contributed by atoms with Crippen LogP contribution in [0.15, 0.2) is 18.3 Å². The average Bonchev–Trinajstić information content (AvgIpc) is 3.26. The fourth-order valence-corrected chi connectivity index (χ4v) is 3.83. The molecular formula is C19H30N4O2. The van der Waals surface area contributed by atoms with Crippen LogP contribution in [0.4, 0.5) is 0 Å². The Kier molecular flexibility index (Phi) is 6.26. The summed E-state index contributed by atoms with van der Waals surface area (Å²) < 4.78 is 7.61. The highest BCUT2D eigenvalue weighted by Crippen LogP contribution is 2.20. The summed E-state index contributed by atoms with van der Waals surface area (Å²) in [6, 6.07) is 2.16. The van der Waals surface area contributed by atoms with Crippen molar-refractivity contribution in [2.45, 2.75) is 51.8 Å². The monoisotopic (exact) mass is 346 g/mol. The largest absolute Gasteiger partial charge is 0.377 e. The van der Waals surface area contributed by atoms with Crippen LogP contribution >= 0.6 is 0 Å². The zero-order valence-electron chi connectivity index (χ0n) is 15.4. The van der Waals surface area contributed by atoms with Gasteiger partial charge in [0, 0.05) is 51.1 Å². The van der Waals surface area contributed by atoms with E-state index in [1.165, 1.54) is 12.8 Å². The van der Waals surface area contributed by atoms with Gasteiger partial charge in [-0.25, -0.2) is 0 Å². The molecule has 1 amide bonds. The highest BCUT2D eigenvalue weighted by Gasteiger charge is 2.29. The maximum Gasteiger partial charge on any atom is 0.244 e. The third-order valence-electron chi connectivity index (χ3n) is 5.26. The summed E-state index contributed by atoms with van der Waals surface area (Å²) in [6.07, 6.45) is 9.00. The van der Waals surface area contributed by atoms with Crippen LogP contribution in [0.5, 0.6) is 0 Å². The van der Waals surface area contributed by atoms with E-state index in [0.29, 0.717) is 12.0 Å². The standard InChI is InChI=1S/C19H30N4O2/c1-3-23-16(8-10-20-23)6-7-19(24)21-18-9-11-22(13-15(18)2)14-17-5-4-12-25-17/h6-8,10,15,17-18H,3-5,9,11-14H2,1-2H3,(H,21,24)/b7-6+/t15-,17+,18+/m0/s1.